The fraction of sp³-hybridized carbons (Fsp3) is 0.500. The first-order valence-electron chi connectivity index (χ1n) is 7.44. The summed E-state index contributed by atoms with van der Waals surface area (Å²) in [6.45, 7) is 6.95. The number of carbonyl (C=O) groups excluding carboxylic acids is 2. The van der Waals surface area contributed by atoms with Crippen molar-refractivity contribution in [1.82, 2.24) is 10.6 Å². The van der Waals surface area contributed by atoms with E-state index < -0.39 is 0 Å². The lowest BCUT2D eigenvalue weighted by Gasteiger charge is -2.11. The molecule has 0 aliphatic carbocycles. The van der Waals surface area contributed by atoms with Crippen molar-refractivity contribution < 1.29 is 9.59 Å². The monoisotopic (exact) mass is 291 g/mol. The molecule has 5 nitrogen and oxygen atoms in total. The molecule has 21 heavy (non-hydrogen) atoms. The fourth-order valence-electron chi connectivity index (χ4n) is 1.77. The van der Waals surface area contributed by atoms with Gasteiger partial charge in [-0.3, -0.25) is 9.59 Å². The molecular weight excluding hydrogens is 266 g/mol. The van der Waals surface area contributed by atoms with Crippen molar-refractivity contribution >= 4 is 17.5 Å². The Bertz CT molecular complexity index is 457. The Balaban J connectivity index is 2.43. The Labute approximate surface area is 126 Å². The van der Waals surface area contributed by atoms with Gasteiger partial charge in [-0.15, -0.1) is 0 Å². The SMILES string of the molecule is CCNC(=O)Cc1ccc(NC(=O)CNC(C)CC)cc1. The predicted molar refractivity (Wildman–Crippen MR) is 85.2 cm³/mol. The molecule has 0 spiro atoms. The highest BCUT2D eigenvalue weighted by Gasteiger charge is 2.05. The van der Waals surface area contributed by atoms with Crippen LogP contribution in [0.15, 0.2) is 24.3 Å². The van der Waals surface area contributed by atoms with Crippen LogP contribution in [-0.2, 0) is 16.0 Å². The van der Waals surface area contributed by atoms with Gasteiger partial charge < -0.3 is 16.0 Å². The van der Waals surface area contributed by atoms with Crippen molar-refractivity contribution in [1.29, 1.82) is 0 Å². The zero-order valence-electron chi connectivity index (χ0n) is 13.0. The van der Waals surface area contributed by atoms with E-state index in [-0.39, 0.29) is 11.8 Å². The van der Waals surface area contributed by atoms with Gasteiger partial charge in [0.25, 0.3) is 0 Å². The van der Waals surface area contributed by atoms with Crippen LogP contribution in [0.3, 0.4) is 0 Å². The average molecular weight is 291 g/mol. The summed E-state index contributed by atoms with van der Waals surface area (Å²) in [5.41, 5.74) is 1.67. The van der Waals surface area contributed by atoms with Crippen molar-refractivity contribution in [3.05, 3.63) is 29.8 Å². The molecule has 0 bridgehead atoms. The van der Waals surface area contributed by atoms with Crippen LogP contribution < -0.4 is 16.0 Å². The van der Waals surface area contributed by atoms with Gasteiger partial charge in [0.15, 0.2) is 0 Å². The quantitative estimate of drug-likeness (QED) is 0.682. The molecule has 2 amide bonds. The van der Waals surface area contributed by atoms with Crippen LogP contribution in [-0.4, -0.2) is 30.9 Å². The number of likely N-dealkylation sites (N-methyl/N-ethyl adjacent to an activating group) is 1. The van der Waals surface area contributed by atoms with Crippen molar-refractivity contribution in [3.63, 3.8) is 0 Å². The first-order chi connectivity index (χ1) is 10.0. The van der Waals surface area contributed by atoms with E-state index in [1.807, 2.05) is 38.1 Å². The molecule has 1 atom stereocenters. The van der Waals surface area contributed by atoms with Gasteiger partial charge in [-0.25, -0.2) is 0 Å². The molecule has 1 aromatic carbocycles. The third-order valence-corrected chi connectivity index (χ3v) is 3.20. The highest BCUT2D eigenvalue weighted by atomic mass is 16.2. The maximum Gasteiger partial charge on any atom is 0.238 e. The number of benzene rings is 1. The van der Waals surface area contributed by atoms with Crippen molar-refractivity contribution in [2.45, 2.75) is 39.7 Å². The first kappa shape index (κ1) is 17.2. The fourth-order valence-corrected chi connectivity index (χ4v) is 1.77. The van der Waals surface area contributed by atoms with Crippen LogP contribution in [0.4, 0.5) is 5.69 Å². The Kier molecular flexibility index (Phi) is 7.46. The lowest BCUT2D eigenvalue weighted by molar-refractivity contribution is -0.120. The predicted octanol–water partition coefficient (Wildman–Crippen LogP) is 1.69. The molecule has 0 heterocycles. The van der Waals surface area contributed by atoms with E-state index >= 15 is 0 Å². The topological polar surface area (TPSA) is 70.2 Å². The Morgan fingerprint density at radius 1 is 1.10 bits per heavy atom. The van der Waals surface area contributed by atoms with Gasteiger partial charge in [0.2, 0.25) is 11.8 Å². The number of amides is 2. The molecule has 5 heteroatoms. The first-order valence-corrected chi connectivity index (χ1v) is 7.44. The molecule has 0 aliphatic heterocycles. The lowest BCUT2D eigenvalue weighted by Crippen LogP contribution is -2.33. The van der Waals surface area contributed by atoms with E-state index in [9.17, 15) is 9.59 Å². The molecule has 0 saturated carbocycles. The normalized spacial score (nSPS) is 11.8. The van der Waals surface area contributed by atoms with Gasteiger partial charge in [-0.1, -0.05) is 19.1 Å². The summed E-state index contributed by atoms with van der Waals surface area (Å²) in [5, 5.41) is 8.72. The summed E-state index contributed by atoms with van der Waals surface area (Å²) in [6, 6.07) is 7.67. The van der Waals surface area contributed by atoms with E-state index in [0.29, 0.717) is 25.6 Å². The molecule has 0 saturated heterocycles. The molecule has 1 rings (SSSR count). The lowest BCUT2D eigenvalue weighted by atomic mass is 10.1. The Morgan fingerprint density at radius 2 is 1.76 bits per heavy atom. The highest BCUT2D eigenvalue weighted by Crippen LogP contribution is 2.10. The second-order valence-corrected chi connectivity index (χ2v) is 5.07. The third kappa shape index (κ3) is 6.90. The minimum Gasteiger partial charge on any atom is -0.356 e. The molecule has 0 aliphatic rings. The summed E-state index contributed by atoms with van der Waals surface area (Å²) in [5.74, 6) is -0.0567. The molecule has 0 radical (unpaired) electrons. The van der Waals surface area contributed by atoms with Gasteiger partial charge in [-0.2, -0.15) is 0 Å². The van der Waals surface area contributed by atoms with E-state index in [1.54, 1.807) is 0 Å². The minimum atomic E-state index is -0.0632. The van der Waals surface area contributed by atoms with E-state index in [4.69, 9.17) is 0 Å². The van der Waals surface area contributed by atoms with Crippen molar-refractivity contribution in [3.8, 4) is 0 Å². The molecule has 1 aromatic rings. The zero-order chi connectivity index (χ0) is 15.7. The number of anilines is 1. The maximum absolute atomic E-state index is 11.7. The second-order valence-electron chi connectivity index (χ2n) is 5.07. The number of rotatable bonds is 8. The summed E-state index contributed by atoms with van der Waals surface area (Å²) in [7, 11) is 0. The number of carbonyl (C=O) groups is 2. The molecule has 3 N–H and O–H groups in total. The zero-order valence-corrected chi connectivity index (χ0v) is 13.0. The highest BCUT2D eigenvalue weighted by molar-refractivity contribution is 5.92. The van der Waals surface area contributed by atoms with Gasteiger partial charge in [0.05, 0.1) is 13.0 Å². The maximum atomic E-state index is 11.7. The van der Waals surface area contributed by atoms with Gasteiger partial charge in [-0.05, 0) is 38.0 Å². The van der Waals surface area contributed by atoms with Gasteiger partial charge in [0, 0.05) is 18.3 Å². The third-order valence-electron chi connectivity index (χ3n) is 3.20. The summed E-state index contributed by atoms with van der Waals surface area (Å²) in [6.07, 6.45) is 1.35. The summed E-state index contributed by atoms with van der Waals surface area (Å²) < 4.78 is 0. The second kappa shape index (κ2) is 9.13. The van der Waals surface area contributed by atoms with E-state index in [1.165, 1.54) is 0 Å². The van der Waals surface area contributed by atoms with Crippen LogP contribution in [0.25, 0.3) is 0 Å². The van der Waals surface area contributed by atoms with Crippen LogP contribution in [0.5, 0.6) is 0 Å². The molecular formula is C16H25N3O2. The van der Waals surface area contributed by atoms with Crippen LogP contribution >= 0.6 is 0 Å². The largest absolute Gasteiger partial charge is 0.356 e. The van der Waals surface area contributed by atoms with E-state index in [2.05, 4.69) is 22.9 Å². The van der Waals surface area contributed by atoms with E-state index in [0.717, 1.165) is 17.7 Å². The van der Waals surface area contributed by atoms with Gasteiger partial charge in [0.1, 0.15) is 0 Å². The molecule has 1 unspecified atom stereocenters. The Hall–Kier alpha value is -1.88. The van der Waals surface area contributed by atoms with Gasteiger partial charge >= 0.3 is 0 Å². The average Bonchev–Trinajstić information content (AvgIpc) is 2.47. The van der Waals surface area contributed by atoms with Crippen LogP contribution in [0, 0.1) is 0 Å². The number of hydrogen-bond donors (Lipinski definition) is 3. The van der Waals surface area contributed by atoms with Crippen LogP contribution in [0.2, 0.25) is 0 Å². The van der Waals surface area contributed by atoms with Crippen molar-refractivity contribution in [2.75, 3.05) is 18.4 Å². The smallest absolute Gasteiger partial charge is 0.238 e. The molecule has 0 aromatic heterocycles. The minimum absolute atomic E-state index is 0.00652. The number of hydrogen-bond acceptors (Lipinski definition) is 3. The molecule has 0 fully saturated rings. The summed E-state index contributed by atoms with van der Waals surface area (Å²) >= 11 is 0. The molecule has 116 valence electrons. The Morgan fingerprint density at radius 3 is 2.33 bits per heavy atom. The summed E-state index contributed by atoms with van der Waals surface area (Å²) in [4.78, 5) is 23.2. The van der Waals surface area contributed by atoms with Crippen LogP contribution in [0.1, 0.15) is 32.8 Å². The van der Waals surface area contributed by atoms with Crippen molar-refractivity contribution in [2.24, 2.45) is 0 Å². The standard InChI is InChI=1S/C16H25N3O2/c1-4-12(3)18-11-16(21)19-14-8-6-13(7-9-14)10-15(20)17-5-2/h6-9,12,18H,4-5,10-11H2,1-3H3,(H,17,20)(H,19,21). The number of nitrogens with one attached hydrogen (secondary N) is 3.